The fourth-order valence-corrected chi connectivity index (χ4v) is 1.41. The van der Waals surface area contributed by atoms with Gasteiger partial charge in [-0.25, -0.2) is 4.39 Å². The van der Waals surface area contributed by atoms with Gasteiger partial charge in [0.2, 0.25) is 0 Å². The predicted molar refractivity (Wildman–Crippen MR) is 51.8 cm³/mol. The van der Waals surface area contributed by atoms with E-state index < -0.39 is 0 Å². The molecule has 0 aromatic heterocycles. The minimum Gasteiger partial charge on any atom is -0.326 e. The highest BCUT2D eigenvalue weighted by molar-refractivity contribution is 5.83. The monoisotopic (exact) mass is 175 g/mol. The van der Waals surface area contributed by atoms with Crippen molar-refractivity contribution in [1.29, 1.82) is 0 Å². The molecule has 0 aliphatic heterocycles. The van der Waals surface area contributed by atoms with Gasteiger partial charge in [0.05, 0.1) is 0 Å². The Kier molecular flexibility index (Phi) is 1.99. The minimum atomic E-state index is -0.187. The van der Waals surface area contributed by atoms with Crippen LogP contribution in [0.4, 0.5) is 4.39 Å². The summed E-state index contributed by atoms with van der Waals surface area (Å²) in [7, 11) is 0. The lowest BCUT2D eigenvalue weighted by Gasteiger charge is -2.01. The first-order valence-corrected chi connectivity index (χ1v) is 4.18. The molecular weight excluding hydrogens is 165 g/mol. The predicted octanol–water partition coefficient (Wildman–Crippen LogP) is 2.44. The second kappa shape index (κ2) is 3.15. The topological polar surface area (TPSA) is 26.0 Å². The molecule has 0 aliphatic rings. The highest BCUT2D eigenvalue weighted by atomic mass is 19.1. The van der Waals surface area contributed by atoms with Crippen LogP contribution in [-0.4, -0.2) is 0 Å². The van der Waals surface area contributed by atoms with E-state index in [9.17, 15) is 4.39 Å². The third-order valence-electron chi connectivity index (χ3n) is 2.13. The Morgan fingerprint density at radius 3 is 2.77 bits per heavy atom. The molecule has 0 heterocycles. The first-order valence-electron chi connectivity index (χ1n) is 4.18. The van der Waals surface area contributed by atoms with Crippen LogP contribution in [0.1, 0.15) is 5.56 Å². The number of benzene rings is 2. The number of rotatable bonds is 1. The van der Waals surface area contributed by atoms with Gasteiger partial charge in [-0.15, -0.1) is 0 Å². The van der Waals surface area contributed by atoms with Gasteiger partial charge in [0.1, 0.15) is 5.82 Å². The SMILES string of the molecule is NCc1ccc2cccc(F)c2c1. The van der Waals surface area contributed by atoms with Crippen molar-refractivity contribution >= 4 is 10.8 Å². The van der Waals surface area contributed by atoms with Gasteiger partial charge in [-0.3, -0.25) is 0 Å². The summed E-state index contributed by atoms with van der Waals surface area (Å²) >= 11 is 0. The van der Waals surface area contributed by atoms with Gasteiger partial charge in [0, 0.05) is 11.9 Å². The van der Waals surface area contributed by atoms with Crippen molar-refractivity contribution in [2.24, 2.45) is 5.73 Å². The van der Waals surface area contributed by atoms with Crippen LogP contribution < -0.4 is 5.73 Å². The van der Waals surface area contributed by atoms with Crippen molar-refractivity contribution in [2.75, 3.05) is 0 Å². The van der Waals surface area contributed by atoms with Crippen molar-refractivity contribution in [3.63, 3.8) is 0 Å². The van der Waals surface area contributed by atoms with Gasteiger partial charge >= 0.3 is 0 Å². The molecule has 0 aliphatic carbocycles. The summed E-state index contributed by atoms with van der Waals surface area (Å²) in [5.74, 6) is -0.187. The molecule has 0 spiro atoms. The number of fused-ring (bicyclic) bond motifs is 1. The second-order valence-electron chi connectivity index (χ2n) is 3.00. The summed E-state index contributed by atoms with van der Waals surface area (Å²) < 4.78 is 13.3. The molecule has 2 rings (SSSR count). The molecule has 0 atom stereocenters. The maximum atomic E-state index is 13.3. The van der Waals surface area contributed by atoms with E-state index in [4.69, 9.17) is 5.73 Å². The van der Waals surface area contributed by atoms with E-state index in [0.29, 0.717) is 11.9 Å². The van der Waals surface area contributed by atoms with Crippen LogP contribution in [0, 0.1) is 5.82 Å². The first kappa shape index (κ1) is 8.20. The van der Waals surface area contributed by atoms with Crippen molar-refractivity contribution in [3.8, 4) is 0 Å². The van der Waals surface area contributed by atoms with Crippen molar-refractivity contribution < 1.29 is 4.39 Å². The molecule has 2 heteroatoms. The molecule has 0 unspecified atom stereocenters. The molecule has 66 valence electrons. The van der Waals surface area contributed by atoms with Gasteiger partial charge in [0.15, 0.2) is 0 Å². The summed E-state index contributed by atoms with van der Waals surface area (Å²) in [4.78, 5) is 0. The van der Waals surface area contributed by atoms with Crippen molar-refractivity contribution in [2.45, 2.75) is 6.54 Å². The minimum absolute atomic E-state index is 0.187. The van der Waals surface area contributed by atoms with E-state index in [-0.39, 0.29) is 5.82 Å². The maximum absolute atomic E-state index is 13.3. The van der Waals surface area contributed by atoms with E-state index in [0.717, 1.165) is 10.9 Å². The largest absolute Gasteiger partial charge is 0.326 e. The number of hydrogen-bond donors (Lipinski definition) is 1. The van der Waals surface area contributed by atoms with E-state index >= 15 is 0 Å². The van der Waals surface area contributed by atoms with Crippen LogP contribution in [0.15, 0.2) is 36.4 Å². The summed E-state index contributed by atoms with van der Waals surface area (Å²) in [6.45, 7) is 0.449. The van der Waals surface area contributed by atoms with Gasteiger partial charge < -0.3 is 5.73 Å². The highest BCUT2D eigenvalue weighted by Crippen LogP contribution is 2.18. The Morgan fingerprint density at radius 1 is 1.15 bits per heavy atom. The van der Waals surface area contributed by atoms with Gasteiger partial charge in [-0.05, 0) is 23.1 Å². The molecule has 0 saturated heterocycles. The fraction of sp³-hybridized carbons (Fsp3) is 0.0909. The van der Waals surface area contributed by atoms with Crippen molar-refractivity contribution in [3.05, 3.63) is 47.8 Å². The Balaban J connectivity index is 2.74. The molecule has 0 bridgehead atoms. The molecule has 0 saturated carbocycles. The smallest absolute Gasteiger partial charge is 0.131 e. The molecule has 2 aromatic rings. The molecule has 13 heavy (non-hydrogen) atoms. The third-order valence-corrected chi connectivity index (χ3v) is 2.13. The molecular formula is C11H10FN. The lowest BCUT2D eigenvalue weighted by Crippen LogP contribution is -1.95. The molecule has 0 amide bonds. The van der Waals surface area contributed by atoms with Crippen molar-refractivity contribution in [1.82, 2.24) is 0 Å². The standard InChI is InChI=1S/C11H10FN/c12-11-3-1-2-9-5-4-8(7-13)6-10(9)11/h1-6H,7,13H2. The van der Waals surface area contributed by atoms with Crippen LogP contribution in [0.5, 0.6) is 0 Å². The second-order valence-corrected chi connectivity index (χ2v) is 3.00. The van der Waals surface area contributed by atoms with Crippen LogP contribution >= 0.6 is 0 Å². The molecule has 0 fully saturated rings. The number of nitrogens with two attached hydrogens (primary N) is 1. The molecule has 2 aromatic carbocycles. The number of hydrogen-bond acceptors (Lipinski definition) is 1. The van der Waals surface area contributed by atoms with E-state index in [2.05, 4.69) is 0 Å². The van der Waals surface area contributed by atoms with Crippen LogP contribution in [0.25, 0.3) is 10.8 Å². The van der Waals surface area contributed by atoms with Gasteiger partial charge in [-0.2, -0.15) is 0 Å². The molecule has 1 nitrogen and oxygen atoms in total. The zero-order valence-corrected chi connectivity index (χ0v) is 7.13. The summed E-state index contributed by atoms with van der Waals surface area (Å²) in [6.07, 6.45) is 0. The lowest BCUT2D eigenvalue weighted by molar-refractivity contribution is 0.640. The van der Waals surface area contributed by atoms with E-state index in [1.165, 1.54) is 6.07 Å². The maximum Gasteiger partial charge on any atom is 0.131 e. The van der Waals surface area contributed by atoms with Crippen LogP contribution in [0.3, 0.4) is 0 Å². The Morgan fingerprint density at radius 2 is 2.00 bits per heavy atom. The molecule has 0 radical (unpaired) electrons. The average molecular weight is 175 g/mol. The number of halogens is 1. The summed E-state index contributed by atoms with van der Waals surface area (Å²) in [6, 6.07) is 10.7. The third kappa shape index (κ3) is 1.40. The normalized spacial score (nSPS) is 10.6. The Hall–Kier alpha value is -1.41. The Labute approximate surface area is 76.0 Å². The fourth-order valence-electron chi connectivity index (χ4n) is 1.41. The van der Waals surface area contributed by atoms with E-state index in [1.54, 1.807) is 12.1 Å². The lowest BCUT2D eigenvalue weighted by atomic mass is 10.1. The first-order chi connectivity index (χ1) is 6.31. The van der Waals surface area contributed by atoms with Crippen LogP contribution in [0.2, 0.25) is 0 Å². The summed E-state index contributed by atoms with van der Waals surface area (Å²) in [5, 5.41) is 1.56. The quantitative estimate of drug-likeness (QED) is 0.707. The average Bonchev–Trinajstić information content (AvgIpc) is 2.18. The Bertz CT molecular complexity index is 437. The van der Waals surface area contributed by atoms with Gasteiger partial charge in [-0.1, -0.05) is 24.3 Å². The zero-order valence-electron chi connectivity index (χ0n) is 7.13. The van der Waals surface area contributed by atoms with E-state index in [1.807, 2.05) is 18.2 Å². The zero-order chi connectivity index (χ0) is 9.26. The summed E-state index contributed by atoms with van der Waals surface area (Å²) in [5.41, 5.74) is 6.42. The molecule has 2 N–H and O–H groups in total. The highest BCUT2D eigenvalue weighted by Gasteiger charge is 1.99. The van der Waals surface area contributed by atoms with Crippen LogP contribution in [-0.2, 0) is 6.54 Å². The van der Waals surface area contributed by atoms with Gasteiger partial charge in [0.25, 0.3) is 0 Å².